The van der Waals surface area contributed by atoms with Gasteiger partial charge in [0.25, 0.3) is 11.6 Å². The van der Waals surface area contributed by atoms with Crippen LogP contribution in [0, 0.1) is 10.1 Å². The van der Waals surface area contributed by atoms with Crippen molar-refractivity contribution in [3.05, 3.63) is 33.1 Å². The van der Waals surface area contributed by atoms with Crippen molar-refractivity contribution < 1.29 is 14.5 Å². The predicted octanol–water partition coefficient (Wildman–Crippen LogP) is 0.994. The molecule has 1 unspecified atom stereocenters. The fraction of sp³-hybridized carbons (Fsp3) is 0.417. The molecule has 21 heavy (non-hydrogen) atoms. The number of nitrogens with zero attached hydrogens (tertiary/aromatic N) is 3. The molecule has 1 aliphatic rings. The molecule has 0 bridgehead atoms. The van der Waals surface area contributed by atoms with Crippen LogP contribution in [-0.2, 0) is 4.79 Å². The second-order valence-electron chi connectivity index (χ2n) is 4.73. The van der Waals surface area contributed by atoms with E-state index in [0.29, 0.717) is 19.5 Å². The van der Waals surface area contributed by atoms with Gasteiger partial charge < -0.3 is 10.2 Å². The summed E-state index contributed by atoms with van der Waals surface area (Å²) >= 11 is 5.84. The molecule has 2 amide bonds. The van der Waals surface area contributed by atoms with Crippen LogP contribution in [0.5, 0.6) is 0 Å². The number of carbonyl (C=O) groups is 2. The summed E-state index contributed by atoms with van der Waals surface area (Å²) in [6.45, 7) is 2.20. The lowest BCUT2D eigenvalue weighted by Gasteiger charge is -2.17. The number of rotatable bonds is 3. The molecule has 8 nitrogen and oxygen atoms in total. The second-order valence-corrected chi connectivity index (χ2v) is 5.08. The van der Waals surface area contributed by atoms with Gasteiger partial charge in [0.15, 0.2) is 0 Å². The Bertz CT molecular complexity index is 607. The number of pyridine rings is 1. The molecule has 0 saturated carbocycles. The number of nitro groups is 1. The molecule has 0 spiro atoms. The van der Waals surface area contributed by atoms with E-state index in [1.54, 1.807) is 0 Å². The average Bonchev–Trinajstić information content (AvgIpc) is 2.85. The smallest absolute Gasteiger partial charge is 0.288 e. The van der Waals surface area contributed by atoms with Gasteiger partial charge in [0.1, 0.15) is 11.3 Å². The van der Waals surface area contributed by atoms with E-state index in [1.165, 1.54) is 11.8 Å². The first-order valence-corrected chi connectivity index (χ1v) is 6.62. The Morgan fingerprint density at radius 3 is 2.90 bits per heavy atom. The molecule has 0 aliphatic carbocycles. The quantitative estimate of drug-likeness (QED) is 0.509. The van der Waals surface area contributed by atoms with Gasteiger partial charge in [-0.3, -0.25) is 19.7 Å². The first-order chi connectivity index (χ1) is 9.88. The minimum atomic E-state index is -0.635. The highest BCUT2D eigenvalue weighted by Crippen LogP contribution is 2.22. The lowest BCUT2D eigenvalue weighted by atomic mass is 10.2. The van der Waals surface area contributed by atoms with E-state index in [-0.39, 0.29) is 28.4 Å². The molecule has 2 heterocycles. The standard InChI is InChI=1S/C12H13ClN4O4/c1-7(18)15-8-2-3-16(6-8)12(19)10-4-9(17(20)21)5-14-11(10)13/h4-5,8H,2-3,6H2,1H3,(H,15,18). The predicted molar refractivity (Wildman–Crippen MR) is 74.0 cm³/mol. The van der Waals surface area contributed by atoms with Crippen LogP contribution in [0.3, 0.4) is 0 Å². The van der Waals surface area contributed by atoms with Crippen molar-refractivity contribution in [1.82, 2.24) is 15.2 Å². The molecule has 1 atom stereocenters. The van der Waals surface area contributed by atoms with Gasteiger partial charge in [0.05, 0.1) is 10.5 Å². The fourth-order valence-corrected chi connectivity index (χ4v) is 2.39. The normalized spacial score (nSPS) is 17.6. The van der Waals surface area contributed by atoms with E-state index >= 15 is 0 Å². The molecule has 1 saturated heterocycles. The monoisotopic (exact) mass is 312 g/mol. The van der Waals surface area contributed by atoms with Crippen LogP contribution < -0.4 is 5.32 Å². The van der Waals surface area contributed by atoms with E-state index < -0.39 is 10.8 Å². The summed E-state index contributed by atoms with van der Waals surface area (Å²) in [5.74, 6) is -0.589. The Morgan fingerprint density at radius 1 is 1.57 bits per heavy atom. The first kappa shape index (κ1) is 15.2. The molecule has 1 N–H and O–H groups in total. The van der Waals surface area contributed by atoms with Crippen LogP contribution in [0.2, 0.25) is 5.15 Å². The first-order valence-electron chi connectivity index (χ1n) is 6.25. The number of likely N-dealkylation sites (tertiary alicyclic amines) is 1. The summed E-state index contributed by atoms with van der Waals surface area (Å²) in [4.78, 5) is 38.6. The SMILES string of the molecule is CC(=O)NC1CCN(C(=O)c2cc([N+](=O)[O-])cnc2Cl)C1. The number of hydrogen-bond acceptors (Lipinski definition) is 5. The topological polar surface area (TPSA) is 105 Å². The van der Waals surface area contributed by atoms with Crippen molar-refractivity contribution >= 4 is 29.1 Å². The van der Waals surface area contributed by atoms with Crippen molar-refractivity contribution in [2.24, 2.45) is 0 Å². The van der Waals surface area contributed by atoms with Crippen LogP contribution in [0.25, 0.3) is 0 Å². The van der Waals surface area contributed by atoms with Crippen LogP contribution in [-0.4, -0.2) is 45.8 Å². The summed E-state index contributed by atoms with van der Waals surface area (Å²) in [5.41, 5.74) is -0.297. The molecule has 112 valence electrons. The average molecular weight is 313 g/mol. The lowest BCUT2D eigenvalue weighted by Crippen LogP contribution is -2.37. The van der Waals surface area contributed by atoms with Gasteiger partial charge in [-0.25, -0.2) is 4.98 Å². The Labute approximate surface area is 125 Å². The highest BCUT2D eigenvalue weighted by Gasteiger charge is 2.29. The zero-order valence-corrected chi connectivity index (χ0v) is 12.0. The Kier molecular flexibility index (Phi) is 4.37. The van der Waals surface area contributed by atoms with E-state index in [0.717, 1.165) is 12.3 Å². The van der Waals surface area contributed by atoms with Gasteiger partial charge in [0, 0.05) is 32.1 Å². The van der Waals surface area contributed by atoms with Gasteiger partial charge in [0.2, 0.25) is 5.91 Å². The van der Waals surface area contributed by atoms with Crippen LogP contribution in [0.1, 0.15) is 23.7 Å². The van der Waals surface area contributed by atoms with E-state index in [1.807, 2.05) is 0 Å². The third-order valence-corrected chi connectivity index (χ3v) is 3.45. The summed E-state index contributed by atoms with van der Waals surface area (Å²) in [5, 5.41) is 13.4. The number of carbonyl (C=O) groups excluding carboxylic acids is 2. The summed E-state index contributed by atoms with van der Waals surface area (Å²) in [6, 6.07) is 1.00. The third kappa shape index (κ3) is 3.46. The minimum absolute atomic E-state index is 0.00524. The summed E-state index contributed by atoms with van der Waals surface area (Å²) < 4.78 is 0. The number of hydrogen-bond donors (Lipinski definition) is 1. The highest BCUT2D eigenvalue weighted by molar-refractivity contribution is 6.32. The third-order valence-electron chi connectivity index (χ3n) is 3.15. The van der Waals surface area contributed by atoms with Gasteiger partial charge in [-0.15, -0.1) is 0 Å². The molecular weight excluding hydrogens is 300 g/mol. The maximum Gasteiger partial charge on any atom is 0.288 e. The number of aromatic nitrogens is 1. The Balaban J connectivity index is 2.15. The molecule has 1 aromatic heterocycles. The van der Waals surface area contributed by atoms with Crippen molar-refractivity contribution in [1.29, 1.82) is 0 Å². The number of halogens is 1. The zero-order valence-electron chi connectivity index (χ0n) is 11.2. The Hall–Kier alpha value is -2.22. The lowest BCUT2D eigenvalue weighted by molar-refractivity contribution is -0.385. The maximum absolute atomic E-state index is 12.3. The highest BCUT2D eigenvalue weighted by atomic mass is 35.5. The fourth-order valence-electron chi connectivity index (χ4n) is 2.21. The van der Waals surface area contributed by atoms with Gasteiger partial charge in [-0.1, -0.05) is 11.6 Å². The zero-order chi connectivity index (χ0) is 15.6. The second kappa shape index (κ2) is 6.04. The molecule has 9 heteroatoms. The molecule has 1 aliphatic heterocycles. The molecule has 0 radical (unpaired) electrons. The van der Waals surface area contributed by atoms with Crippen LogP contribution >= 0.6 is 11.6 Å². The van der Waals surface area contributed by atoms with Crippen LogP contribution in [0.15, 0.2) is 12.3 Å². The van der Waals surface area contributed by atoms with Crippen molar-refractivity contribution in [3.8, 4) is 0 Å². The van der Waals surface area contributed by atoms with E-state index in [2.05, 4.69) is 10.3 Å². The molecule has 2 rings (SSSR count). The summed E-state index contributed by atoms with van der Waals surface area (Å²) in [7, 11) is 0. The van der Waals surface area contributed by atoms with Gasteiger partial charge in [-0.05, 0) is 6.42 Å². The molecule has 1 aromatic rings. The maximum atomic E-state index is 12.3. The number of nitrogens with one attached hydrogen (secondary N) is 1. The van der Waals surface area contributed by atoms with Crippen molar-refractivity contribution in [3.63, 3.8) is 0 Å². The van der Waals surface area contributed by atoms with E-state index in [9.17, 15) is 19.7 Å². The Morgan fingerprint density at radius 2 is 2.29 bits per heavy atom. The molecular formula is C12H13ClN4O4. The van der Waals surface area contributed by atoms with Gasteiger partial charge in [-0.2, -0.15) is 0 Å². The minimum Gasteiger partial charge on any atom is -0.352 e. The largest absolute Gasteiger partial charge is 0.352 e. The number of amides is 2. The summed E-state index contributed by atoms with van der Waals surface area (Å²) in [6.07, 6.45) is 1.63. The van der Waals surface area contributed by atoms with E-state index in [4.69, 9.17) is 11.6 Å². The van der Waals surface area contributed by atoms with Crippen LogP contribution in [0.4, 0.5) is 5.69 Å². The van der Waals surface area contributed by atoms with Crippen molar-refractivity contribution in [2.45, 2.75) is 19.4 Å². The van der Waals surface area contributed by atoms with Gasteiger partial charge >= 0.3 is 0 Å². The van der Waals surface area contributed by atoms with Crippen molar-refractivity contribution in [2.75, 3.05) is 13.1 Å². The molecule has 1 fully saturated rings. The molecule has 0 aromatic carbocycles.